The van der Waals surface area contributed by atoms with Crippen molar-refractivity contribution in [1.29, 1.82) is 0 Å². The predicted octanol–water partition coefficient (Wildman–Crippen LogP) is 2.55. The van der Waals surface area contributed by atoms with E-state index in [0.717, 1.165) is 23.0 Å². The van der Waals surface area contributed by atoms with Crippen LogP contribution in [0.2, 0.25) is 5.02 Å². The molecule has 0 bridgehead atoms. The average molecular weight is 406 g/mol. The molecule has 3 N–H and O–H groups in total. The van der Waals surface area contributed by atoms with Gasteiger partial charge in [0, 0.05) is 35.3 Å². The van der Waals surface area contributed by atoms with Gasteiger partial charge < -0.3 is 29.4 Å². The first-order valence-corrected chi connectivity index (χ1v) is 9.34. The van der Waals surface area contributed by atoms with Gasteiger partial charge >= 0.3 is 0 Å². The van der Waals surface area contributed by atoms with Gasteiger partial charge in [-0.25, -0.2) is 0 Å². The first-order valence-electron chi connectivity index (χ1n) is 8.96. The molecule has 28 heavy (non-hydrogen) atoms. The minimum atomic E-state index is -1.13. The van der Waals surface area contributed by atoms with E-state index in [-0.39, 0.29) is 25.7 Å². The summed E-state index contributed by atoms with van der Waals surface area (Å²) in [4.78, 5) is 15.7. The molecule has 3 heterocycles. The van der Waals surface area contributed by atoms with Crippen LogP contribution in [-0.4, -0.2) is 40.0 Å². The van der Waals surface area contributed by atoms with Gasteiger partial charge in [-0.1, -0.05) is 16.8 Å². The SMILES string of the molecule is O=C(NCc1cc2cc(Cl)c(OCc3ccno3)cc2[nH]1)C1(CO)CCCO1. The molecule has 3 aromatic rings. The Morgan fingerprint density at radius 2 is 2.32 bits per heavy atom. The first-order chi connectivity index (χ1) is 13.6. The number of nitrogens with one attached hydrogen (secondary N) is 2. The summed E-state index contributed by atoms with van der Waals surface area (Å²) in [5.74, 6) is 0.805. The summed E-state index contributed by atoms with van der Waals surface area (Å²) in [6, 6.07) is 7.22. The topological polar surface area (TPSA) is 110 Å². The number of amides is 1. The van der Waals surface area contributed by atoms with Crippen LogP contribution in [0.4, 0.5) is 0 Å². The van der Waals surface area contributed by atoms with Gasteiger partial charge in [-0.15, -0.1) is 0 Å². The van der Waals surface area contributed by atoms with Crippen molar-refractivity contribution >= 4 is 28.4 Å². The zero-order valence-corrected chi connectivity index (χ0v) is 15.8. The van der Waals surface area contributed by atoms with Crippen LogP contribution in [0.3, 0.4) is 0 Å². The van der Waals surface area contributed by atoms with Gasteiger partial charge in [0.1, 0.15) is 12.4 Å². The first kappa shape index (κ1) is 18.8. The molecule has 148 valence electrons. The summed E-state index contributed by atoms with van der Waals surface area (Å²) in [5, 5.41) is 17.4. The van der Waals surface area contributed by atoms with Gasteiger partial charge in [0.2, 0.25) is 0 Å². The van der Waals surface area contributed by atoms with E-state index in [1.165, 1.54) is 0 Å². The van der Waals surface area contributed by atoms with Crippen LogP contribution in [0.5, 0.6) is 5.75 Å². The van der Waals surface area contributed by atoms with Crippen molar-refractivity contribution in [2.45, 2.75) is 31.6 Å². The van der Waals surface area contributed by atoms with Crippen LogP contribution < -0.4 is 10.1 Å². The number of halogens is 1. The monoisotopic (exact) mass is 405 g/mol. The van der Waals surface area contributed by atoms with E-state index < -0.39 is 5.60 Å². The zero-order chi connectivity index (χ0) is 19.6. The number of nitrogens with zero attached hydrogens (tertiary/aromatic N) is 1. The lowest BCUT2D eigenvalue weighted by molar-refractivity contribution is -0.146. The van der Waals surface area contributed by atoms with Crippen LogP contribution in [-0.2, 0) is 22.7 Å². The second-order valence-corrected chi connectivity index (χ2v) is 7.13. The van der Waals surface area contributed by atoms with E-state index >= 15 is 0 Å². The van der Waals surface area contributed by atoms with Crippen molar-refractivity contribution < 1.29 is 23.9 Å². The molecule has 0 aliphatic carbocycles. The summed E-state index contributed by atoms with van der Waals surface area (Å²) in [5.41, 5.74) is 0.505. The number of rotatable bonds is 7. The van der Waals surface area contributed by atoms with Crippen molar-refractivity contribution in [1.82, 2.24) is 15.5 Å². The summed E-state index contributed by atoms with van der Waals surface area (Å²) in [6.07, 6.45) is 2.83. The Labute approximate surface area is 165 Å². The van der Waals surface area contributed by atoms with E-state index in [1.54, 1.807) is 24.4 Å². The third kappa shape index (κ3) is 3.71. The van der Waals surface area contributed by atoms with E-state index in [1.807, 2.05) is 6.07 Å². The molecule has 1 aromatic carbocycles. The fraction of sp³-hybridized carbons (Fsp3) is 0.368. The Hall–Kier alpha value is -2.55. The minimum absolute atomic E-state index is 0.220. The van der Waals surface area contributed by atoms with Gasteiger partial charge in [0.15, 0.2) is 11.4 Å². The molecule has 0 radical (unpaired) electrons. The van der Waals surface area contributed by atoms with E-state index in [2.05, 4.69) is 15.5 Å². The highest BCUT2D eigenvalue weighted by molar-refractivity contribution is 6.32. The van der Waals surface area contributed by atoms with Crippen molar-refractivity contribution in [3.05, 3.63) is 46.9 Å². The Bertz CT molecular complexity index is 964. The predicted molar refractivity (Wildman–Crippen MR) is 101 cm³/mol. The molecule has 0 spiro atoms. The van der Waals surface area contributed by atoms with Crippen molar-refractivity contribution in [2.75, 3.05) is 13.2 Å². The number of aromatic amines is 1. The molecule has 9 heteroatoms. The number of benzene rings is 1. The Morgan fingerprint density at radius 3 is 3.04 bits per heavy atom. The molecule has 1 aliphatic rings. The molecule has 1 amide bonds. The number of hydrogen-bond donors (Lipinski definition) is 3. The minimum Gasteiger partial charge on any atom is -0.484 e. The fourth-order valence-corrected chi connectivity index (χ4v) is 3.50. The standard InChI is InChI=1S/C19H20ClN3O5/c20-15-7-12-6-13(9-21-18(25)19(11-24)3-1-5-27-19)23-16(12)8-17(15)26-10-14-2-4-22-28-14/h2,4,6-8,23-24H,1,3,5,9-11H2,(H,21,25). The second-order valence-electron chi connectivity index (χ2n) is 6.72. The van der Waals surface area contributed by atoms with Gasteiger partial charge in [-0.05, 0) is 25.0 Å². The number of fused-ring (bicyclic) bond motifs is 1. The van der Waals surface area contributed by atoms with Gasteiger partial charge in [0.25, 0.3) is 5.91 Å². The quantitative estimate of drug-likeness (QED) is 0.557. The molecule has 1 aliphatic heterocycles. The van der Waals surface area contributed by atoms with Crippen LogP contribution in [0.1, 0.15) is 24.3 Å². The van der Waals surface area contributed by atoms with Crippen molar-refractivity contribution in [3.8, 4) is 5.75 Å². The molecule has 1 saturated heterocycles. The van der Waals surface area contributed by atoms with Crippen LogP contribution in [0, 0.1) is 0 Å². The molecular formula is C19H20ClN3O5. The Balaban J connectivity index is 1.44. The number of ether oxygens (including phenoxy) is 2. The van der Waals surface area contributed by atoms with E-state index in [4.69, 9.17) is 25.6 Å². The maximum absolute atomic E-state index is 12.4. The summed E-state index contributed by atoms with van der Waals surface area (Å²) >= 11 is 6.30. The highest BCUT2D eigenvalue weighted by Crippen LogP contribution is 2.31. The number of carbonyl (C=O) groups is 1. The van der Waals surface area contributed by atoms with Gasteiger partial charge in [0.05, 0.1) is 24.4 Å². The molecule has 1 unspecified atom stereocenters. The lowest BCUT2D eigenvalue weighted by Gasteiger charge is -2.24. The lowest BCUT2D eigenvalue weighted by atomic mass is 10.0. The number of aliphatic hydroxyl groups excluding tert-OH is 1. The van der Waals surface area contributed by atoms with E-state index in [0.29, 0.717) is 29.6 Å². The summed E-state index contributed by atoms with van der Waals surface area (Å²) in [7, 11) is 0. The molecule has 1 fully saturated rings. The maximum atomic E-state index is 12.4. The number of H-pyrrole nitrogens is 1. The molecule has 8 nitrogen and oxygen atoms in total. The van der Waals surface area contributed by atoms with Crippen LogP contribution >= 0.6 is 11.6 Å². The molecule has 1 atom stereocenters. The fourth-order valence-electron chi connectivity index (χ4n) is 3.27. The molecular weight excluding hydrogens is 386 g/mol. The van der Waals surface area contributed by atoms with Crippen molar-refractivity contribution in [2.24, 2.45) is 0 Å². The highest BCUT2D eigenvalue weighted by Gasteiger charge is 2.42. The third-order valence-electron chi connectivity index (χ3n) is 4.80. The van der Waals surface area contributed by atoms with E-state index in [9.17, 15) is 9.90 Å². The number of aromatic nitrogens is 2. The lowest BCUT2D eigenvalue weighted by Crippen LogP contribution is -2.48. The summed E-state index contributed by atoms with van der Waals surface area (Å²) < 4.78 is 16.2. The maximum Gasteiger partial charge on any atom is 0.254 e. The highest BCUT2D eigenvalue weighted by atomic mass is 35.5. The number of aliphatic hydroxyl groups is 1. The number of carbonyl (C=O) groups excluding carboxylic acids is 1. The van der Waals surface area contributed by atoms with Gasteiger partial charge in [-0.2, -0.15) is 0 Å². The Kier molecular flexibility index (Phi) is 5.25. The Morgan fingerprint density at radius 1 is 1.43 bits per heavy atom. The summed E-state index contributed by atoms with van der Waals surface area (Å²) in [6.45, 7) is 0.658. The van der Waals surface area contributed by atoms with Crippen LogP contribution in [0.15, 0.2) is 35.0 Å². The molecule has 0 saturated carbocycles. The van der Waals surface area contributed by atoms with Crippen LogP contribution in [0.25, 0.3) is 10.9 Å². The van der Waals surface area contributed by atoms with Crippen molar-refractivity contribution in [3.63, 3.8) is 0 Å². The number of hydrogen-bond acceptors (Lipinski definition) is 6. The smallest absolute Gasteiger partial charge is 0.254 e. The molecule has 2 aromatic heterocycles. The second kappa shape index (κ2) is 7.83. The normalized spacial score (nSPS) is 19.2. The third-order valence-corrected chi connectivity index (χ3v) is 5.10. The largest absolute Gasteiger partial charge is 0.484 e. The zero-order valence-electron chi connectivity index (χ0n) is 15.0. The van der Waals surface area contributed by atoms with Gasteiger partial charge in [-0.3, -0.25) is 4.79 Å². The average Bonchev–Trinajstić information content (AvgIpc) is 3.44. The molecule has 4 rings (SSSR count).